The first-order valence-electron chi connectivity index (χ1n) is 14.6. The Kier molecular flexibility index (Phi) is 6.46. The van der Waals surface area contributed by atoms with E-state index in [0.717, 1.165) is 39.5 Å². The van der Waals surface area contributed by atoms with Gasteiger partial charge in [-0.1, -0.05) is 85.0 Å². The molecule has 1 unspecified atom stereocenters. The van der Waals surface area contributed by atoms with Crippen molar-refractivity contribution in [1.82, 2.24) is 9.97 Å². The van der Waals surface area contributed by atoms with E-state index in [1.807, 2.05) is 60.8 Å². The van der Waals surface area contributed by atoms with E-state index >= 15 is 0 Å². The second kappa shape index (κ2) is 11.0. The number of anilines is 2. The quantitative estimate of drug-likeness (QED) is 0.207. The maximum Gasteiger partial charge on any atom is 0.219 e. The summed E-state index contributed by atoms with van der Waals surface area (Å²) >= 11 is 0. The maximum absolute atomic E-state index is 6.48. The topological polar surface area (TPSA) is 47.5 Å². The van der Waals surface area contributed by atoms with Crippen LogP contribution < -0.4 is 14.4 Å². The summed E-state index contributed by atoms with van der Waals surface area (Å²) in [6.45, 7) is 0. The predicted molar refractivity (Wildman–Crippen MR) is 176 cm³/mol. The van der Waals surface area contributed by atoms with Crippen LogP contribution in [0.15, 0.2) is 134 Å². The minimum Gasteiger partial charge on any atom is -0.457 e. The van der Waals surface area contributed by atoms with Gasteiger partial charge in [-0.3, -0.25) is 0 Å². The molecule has 1 aliphatic carbocycles. The molecule has 1 atom stereocenters. The summed E-state index contributed by atoms with van der Waals surface area (Å²) in [7, 11) is 0. The predicted octanol–water partition coefficient (Wildman–Crippen LogP) is 9.96. The third-order valence-corrected chi connectivity index (χ3v) is 7.93. The highest BCUT2D eigenvalue weighted by Gasteiger charge is 2.32. The highest BCUT2D eigenvalue weighted by atomic mass is 16.5. The molecule has 2 aliphatic rings. The van der Waals surface area contributed by atoms with Crippen molar-refractivity contribution in [2.45, 2.75) is 6.04 Å². The van der Waals surface area contributed by atoms with Crippen molar-refractivity contribution in [3.63, 3.8) is 0 Å². The van der Waals surface area contributed by atoms with Gasteiger partial charge in [0, 0.05) is 30.1 Å². The van der Waals surface area contributed by atoms with Crippen molar-refractivity contribution in [1.29, 1.82) is 0 Å². The fourth-order valence-corrected chi connectivity index (χ4v) is 5.95. The SMILES string of the molecule is C1=Cc2ccc(Oc3cccc(Oc4ccccn4)c3)cc2C(N2c3ccccc3C=Cc3cccnc32)c2ccccc21. The van der Waals surface area contributed by atoms with Crippen molar-refractivity contribution < 1.29 is 9.47 Å². The van der Waals surface area contributed by atoms with E-state index in [1.165, 1.54) is 11.1 Å². The maximum atomic E-state index is 6.48. The Morgan fingerprint density at radius 3 is 2.05 bits per heavy atom. The molecule has 1 aliphatic heterocycles. The zero-order valence-corrected chi connectivity index (χ0v) is 23.7. The van der Waals surface area contributed by atoms with Crippen LogP contribution in [-0.2, 0) is 0 Å². The van der Waals surface area contributed by atoms with E-state index in [-0.39, 0.29) is 6.04 Å². The lowest BCUT2D eigenvalue weighted by Gasteiger charge is -2.35. The van der Waals surface area contributed by atoms with Crippen LogP contribution in [0.5, 0.6) is 23.1 Å². The van der Waals surface area contributed by atoms with Crippen molar-refractivity contribution in [2.75, 3.05) is 4.90 Å². The van der Waals surface area contributed by atoms with E-state index in [4.69, 9.17) is 14.5 Å². The number of fused-ring (bicyclic) bond motifs is 4. The number of benzene rings is 4. The van der Waals surface area contributed by atoms with Crippen molar-refractivity contribution in [2.24, 2.45) is 0 Å². The number of rotatable bonds is 5. The summed E-state index contributed by atoms with van der Waals surface area (Å²) in [4.78, 5) is 11.6. The summed E-state index contributed by atoms with van der Waals surface area (Å²) < 4.78 is 12.4. The molecule has 44 heavy (non-hydrogen) atoms. The summed E-state index contributed by atoms with van der Waals surface area (Å²) in [5, 5.41) is 0. The van der Waals surface area contributed by atoms with E-state index in [2.05, 4.69) is 101 Å². The zero-order valence-electron chi connectivity index (χ0n) is 23.7. The van der Waals surface area contributed by atoms with Crippen LogP contribution in [0.2, 0.25) is 0 Å². The number of aromatic nitrogens is 2. The number of nitrogens with zero attached hydrogens (tertiary/aromatic N) is 3. The third kappa shape index (κ3) is 4.80. The molecule has 0 amide bonds. The Bertz CT molecular complexity index is 2000. The van der Waals surface area contributed by atoms with Gasteiger partial charge in [0.05, 0.1) is 11.7 Å². The van der Waals surface area contributed by atoms with Gasteiger partial charge < -0.3 is 14.4 Å². The molecular formula is C39H27N3O2. The number of pyridine rings is 2. The van der Waals surface area contributed by atoms with Gasteiger partial charge in [-0.15, -0.1) is 0 Å². The molecule has 0 saturated carbocycles. The molecule has 8 rings (SSSR count). The van der Waals surface area contributed by atoms with Crippen LogP contribution in [0.4, 0.5) is 11.5 Å². The minimum absolute atomic E-state index is 0.173. The highest BCUT2D eigenvalue weighted by molar-refractivity contribution is 5.89. The van der Waals surface area contributed by atoms with Crippen molar-refractivity contribution in [3.8, 4) is 23.1 Å². The molecule has 0 N–H and O–H groups in total. The molecular weight excluding hydrogens is 542 g/mol. The van der Waals surface area contributed by atoms with E-state index in [0.29, 0.717) is 17.4 Å². The van der Waals surface area contributed by atoms with Crippen LogP contribution in [0, 0.1) is 0 Å². The monoisotopic (exact) mass is 569 g/mol. The van der Waals surface area contributed by atoms with Gasteiger partial charge in [0.1, 0.15) is 23.1 Å². The van der Waals surface area contributed by atoms with Gasteiger partial charge in [-0.05, 0) is 76.3 Å². The standard InChI is InChI=1S/C39H27N3O2/c1-3-14-34-27(9-1)17-18-28-21-22-33(43-31-12-7-13-32(25-31)44-37-16-5-6-23-40-37)26-35(28)38(34)42-36-15-4-2-10-29(36)19-20-30-11-8-24-41-39(30)42/h1-26,38H. The molecule has 0 fully saturated rings. The number of ether oxygens (including phenoxy) is 2. The van der Waals surface area contributed by atoms with Gasteiger partial charge in [0.2, 0.25) is 5.88 Å². The molecule has 0 saturated heterocycles. The normalized spacial score (nSPS) is 14.4. The molecule has 210 valence electrons. The fraction of sp³-hybridized carbons (Fsp3) is 0.0256. The molecule has 6 aromatic rings. The van der Waals surface area contributed by atoms with Gasteiger partial charge >= 0.3 is 0 Å². The average Bonchev–Trinajstić information content (AvgIpc) is 3.33. The van der Waals surface area contributed by atoms with E-state index < -0.39 is 0 Å². The first-order chi connectivity index (χ1) is 21.8. The molecule has 5 nitrogen and oxygen atoms in total. The molecule has 0 radical (unpaired) electrons. The molecule has 4 aromatic carbocycles. The fourth-order valence-electron chi connectivity index (χ4n) is 5.95. The Morgan fingerprint density at radius 1 is 0.477 bits per heavy atom. The Hall–Kier alpha value is -5.94. The number of para-hydroxylation sites is 1. The Morgan fingerprint density at radius 2 is 1.16 bits per heavy atom. The van der Waals surface area contributed by atoms with Gasteiger partial charge in [-0.25, -0.2) is 9.97 Å². The smallest absolute Gasteiger partial charge is 0.219 e. The first-order valence-corrected chi connectivity index (χ1v) is 14.6. The third-order valence-electron chi connectivity index (χ3n) is 7.93. The number of hydrogen-bond acceptors (Lipinski definition) is 5. The van der Waals surface area contributed by atoms with Gasteiger partial charge in [0.15, 0.2) is 0 Å². The zero-order chi connectivity index (χ0) is 29.3. The first kappa shape index (κ1) is 25.7. The second-order valence-electron chi connectivity index (χ2n) is 10.7. The van der Waals surface area contributed by atoms with Crippen molar-refractivity contribution in [3.05, 3.63) is 167 Å². The van der Waals surface area contributed by atoms with Crippen LogP contribution in [-0.4, -0.2) is 9.97 Å². The average molecular weight is 570 g/mol. The lowest BCUT2D eigenvalue weighted by molar-refractivity contribution is 0.449. The molecule has 0 spiro atoms. The van der Waals surface area contributed by atoms with Gasteiger partial charge in [0.25, 0.3) is 0 Å². The largest absolute Gasteiger partial charge is 0.457 e. The van der Waals surface area contributed by atoms with Crippen LogP contribution >= 0.6 is 0 Å². The summed E-state index contributed by atoms with van der Waals surface area (Å²) in [6.07, 6.45) is 12.3. The molecule has 0 bridgehead atoms. The van der Waals surface area contributed by atoms with Crippen LogP contribution in [0.25, 0.3) is 24.3 Å². The lowest BCUT2D eigenvalue weighted by atomic mass is 9.91. The van der Waals surface area contributed by atoms with Crippen molar-refractivity contribution >= 4 is 35.8 Å². The summed E-state index contributed by atoms with van der Waals surface area (Å²) in [5.41, 5.74) is 7.91. The Labute approximate surface area is 256 Å². The highest BCUT2D eigenvalue weighted by Crippen LogP contribution is 2.47. The Balaban J connectivity index is 1.25. The molecule has 5 heteroatoms. The lowest BCUT2D eigenvalue weighted by Crippen LogP contribution is -2.27. The van der Waals surface area contributed by atoms with Crippen LogP contribution in [0.3, 0.4) is 0 Å². The summed E-state index contributed by atoms with van der Waals surface area (Å²) in [6, 6.07) is 40.6. The summed E-state index contributed by atoms with van der Waals surface area (Å²) in [5.74, 6) is 3.51. The molecule has 2 aromatic heterocycles. The second-order valence-corrected chi connectivity index (χ2v) is 10.7. The number of hydrogen-bond donors (Lipinski definition) is 0. The van der Waals surface area contributed by atoms with Crippen LogP contribution in [0.1, 0.15) is 39.4 Å². The van der Waals surface area contributed by atoms with Gasteiger partial charge in [-0.2, -0.15) is 0 Å². The van der Waals surface area contributed by atoms with E-state index in [1.54, 1.807) is 6.20 Å². The minimum atomic E-state index is -0.173. The molecule has 3 heterocycles. The van der Waals surface area contributed by atoms with E-state index in [9.17, 15) is 0 Å².